The highest BCUT2D eigenvalue weighted by molar-refractivity contribution is 5.93. The molecule has 1 N–H and O–H groups in total. The van der Waals surface area contributed by atoms with E-state index in [0.29, 0.717) is 24.5 Å². The SMILES string of the molecule is Cc1cncc(C(=O)N(C)CC2(O)CCCN(c3ncccn3)C2)c1. The minimum atomic E-state index is -0.987. The Balaban J connectivity index is 1.69. The molecule has 0 aliphatic carbocycles. The van der Waals surface area contributed by atoms with Crippen molar-refractivity contribution in [3.05, 3.63) is 48.0 Å². The maximum Gasteiger partial charge on any atom is 0.255 e. The van der Waals surface area contributed by atoms with Gasteiger partial charge in [0, 0.05) is 38.4 Å². The predicted octanol–water partition coefficient (Wildman–Crippen LogP) is 1.28. The third-order valence-electron chi connectivity index (χ3n) is 4.39. The van der Waals surface area contributed by atoms with Crippen LogP contribution in [0.4, 0.5) is 5.95 Å². The third kappa shape index (κ3) is 4.11. The van der Waals surface area contributed by atoms with Crippen molar-refractivity contribution in [1.29, 1.82) is 0 Å². The summed E-state index contributed by atoms with van der Waals surface area (Å²) in [4.78, 5) is 28.7. The lowest BCUT2D eigenvalue weighted by molar-refractivity contribution is -0.000308. The zero-order valence-electron chi connectivity index (χ0n) is 14.6. The number of likely N-dealkylation sites (N-methyl/N-ethyl adjacent to an activating group) is 1. The van der Waals surface area contributed by atoms with Crippen LogP contribution >= 0.6 is 0 Å². The van der Waals surface area contributed by atoms with Gasteiger partial charge in [-0.3, -0.25) is 9.78 Å². The third-order valence-corrected chi connectivity index (χ3v) is 4.39. The average molecular weight is 341 g/mol. The molecule has 0 aromatic carbocycles. The molecule has 2 aromatic heterocycles. The van der Waals surface area contributed by atoms with Crippen LogP contribution in [-0.4, -0.2) is 63.1 Å². The van der Waals surface area contributed by atoms with Crippen molar-refractivity contribution in [2.24, 2.45) is 0 Å². The minimum absolute atomic E-state index is 0.141. The number of amides is 1. The van der Waals surface area contributed by atoms with Crippen LogP contribution in [0.25, 0.3) is 0 Å². The van der Waals surface area contributed by atoms with Crippen LogP contribution in [0.3, 0.4) is 0 Å². The molecule has 1 atom stereocenters. The number of hydrogen-bond donors (Lipinski definition) is 1. The van der Waals surface area contributed by atoms with Gasteiger partial charge in [0.1, 0.15) is 0 Å². The molecular weight excluding hydrogens is 318 g/mol. The fourth-order valence-corrected chi connectivity index (χ4v) is 3.27. The van der Waals surface area contributed by atoms with Crippen molar-refractivity contribution in [3.63, 3.8) is 0 Å². The first-order valence-electron chi connectivity index (χ1n) is 8.38. The normalized spacial score (nSPS) is 20.4. The van der Waals surface area contributed by atoms with Crippen LogP contribution in [0.15, 0.2) is 36.9 Å². The summed E-state index contributed by atoms with van der Waals surface area (Å²) in [5.74, 6) is 0.468. The predicted molar refractivity (Wildman–Crippen MR) is 94.4 cm³/mol. The van der Waals surface area contributed by atoms with E-state index >= 15 is 0 Å². The highest BCUT2D eigenvalue weighted by atomic mass is 16.3. The van der Waals surface area contributed by atoms with Crippen LogP contribution in [0, 0.1) is 6.92 Å². The molecule has 1 unspecified atom stereocenters. The van der Waals surface area contributed by atoms with Gasteiger partial charge in [-0.25, -0.2) is 9.97 Å². The van der Waals surface area contributed by atoms with Crippen molar-refractivity contribution in [1.82, 2.24) is 19.9 Å². The average Bonchev–Trinajstić information content (AvgIpc) is 2.61. The first kappa shape index (κ1) is 17.3. The van der Waals surface area contributed by atoms with E-state index in [0.717, 1.165) is 18.5 Å². The summed E-state index contributed by atoms with van der Waals surface area (Å²) in [7, 11) is 1.71. The van der Waals surface area contributed by atoms with Gasteiger partial charge in [0.25, 0.3) is 5.91 Å². The highest BCUT2D eigenvalue weighted by Gasteiger charge is 2.36. The molecule has 132 valence electrons. The van der Waals surface area contributed by atoms with Gasteiger partial charge < -0.3 is 14.9 Å². The molecule has 1 aliphatic rings. The Morgan fingerprint density at radius 3 is 2.84 bits per heavy atom. The number of pyridine rings is 1. The lowest BCUT2D eigenvalue weighted by atomic mass is 9.92. The number of hydrogen-bond acceptors (Lipinski definition) is 6. The van der Waals surface area contributed by atoms with E-state index in [2.05, 4.69) is 15.0 Å². The van der Waals surface area contributed by atoms with Crippen molar-refractivity contribution in [2.75, 3.05) is 31.6 Å². The lowest BCUT2D eigenvalue weighted by Gasteiger charge is -2.41. The summed E-state index contributed by atoms with van der Waals surface area (Å²) in [6, 6.07) is 3.57. The number of carbonyl (C=O) groups excluding carboxylic acids is 1. The molecular formula is C18H23N5O2. The summed E-state index contributed by atoms with van der Waals surface area (Å²) in [6.07, 6.45) is 8.11. The van der Waals surface area contributed by atoms with Gasteiger partial charge in [-0.2, -0.15) is 0 Å². The molecule has 7 heteroatoms. The first-order valence-corrected chi connectivity index (χ1v) is 8.38. The van der Waals surface area contributed by atoms with Gasteiger partial charge in [-0.15, -0.1) is 0 Å². The fourth-order valence-electron chi connectivity index (χ4n) is 3.27. The number of β-amino-alcohol motifs (C(OH)–C–C–N with tert-alkyl or cyclic N) is 1. The van der Waals surface area contributed by atoms with E-state index in [1.807, 2.05) is 11.8 Å². The van der Waals surface area contributed by atoms with Crippen LogP contribution in [-0.2, 0) is 0 Å². The summed E-state index contributed by atoms with van der Waals surface area (Å²) < 4.78 is 0. The largest absolute Gasteiger partial charge is 0.386 e. The number of rotatable bonds is 4. The molecule has 0 radical (unpaired) electrons. The van der Waals surface area contributed by atoms with E-state index in [9.17, 15) is 9.90 Å². The quantitative estimate of drug-likeness (QED) is 0.902. The molecule has 3 rings (SSSR count). The summed E-state index contributed by atoms with van der Waals surface area (Å²) >= 11 is 0. The van der Waals surface area contributed by atoms with E-state index in [4.69, 9.17) is 0 Å². The summed E-state index contributed by atoms with van der Waals surface area (Å²) in [5, 5.41) is 11.0. The Hall–Kier alpha value is -2.54. The van der Waals surface area contributed by atoms with Crippen molar-refractivity contribution in [2.45, 2.75) is 25.4 Å². The smallest absolute Gasteiger partial charge is 0.255 e. The van der Waals surface area contributed by atoms with Gasteiger partial charge >= 0.3 is 0 Å². The van der Waals surface area contributed by atoms with Gasteiger partial charge in [0.2, 0.25) is 5.95 Å². The first-order chi connectivity index (χ1) is 12.0. The number of aryl methyl sites for hydroxylation is 1. The van der Waals surface area contributed by atoms with E-state index in [1.54, 1.807) is 48.9 Å². The molecule has 1 aliphatic heterocycles. The summed E-state index contributed by atoms with van der Waals surface area (Å²) in [6.45, 7) is 3.35. The summed E-state index contributed by atoms with van der Waals surface area (Å²) in [5.41, 5.74) is 0.479. The number of carbonyl (C=O) groups is 1. The van der Waals surface area contributed by atoms with Gasteiger partial charge in [-0.1, -0.05) is 0 Å². The number of nitrogens with zero attached hydrogens (tertiary/aromatic N) is 5. The van der Waals surface area contributed by atoms with Crippen LogP contribution in [0.2, 0.25) is 0 Å². The fraction of sp³-hybridized carbons (Fsp3) is 0.444. The molecule has 2 aromatic rings. The van der Waals surface area contributed by atoms with Crippen LogP contribution in [0.5, 0.6) is 0 Å². The Morgan fingerprint density at radius 1 is 1.36 bits per heavy atom. The number of aliphatic hydroxyl groups is 1. The molecule has 1 saturated heterocycles. The van der Waals surface area contributed by atoms with Crippen molar-refractivity contribution < 1.29 is 9.90 Å². The molecule has 25 heavy (non-hydrogen) atoms. The topological polar surface area (TPSA) is 82.5 Å². The maximum absolute atomic E-state index is 12.6. The molecule has 7 nitrogen and oxygen atoms in total. The number of anilines is 1. The molecule has 0 saturated carbocycles. The van der Waals surface area contributed by atoms with Crippen LogP contribution in [0.1, 0.15) is 28.8 Å². The Kier molecular flexibility index (Phi) is 4.94. The Morgan fingerprint density at radius 2 is 2.12 bits per heavy atom. The minimum Gasteiger partial charge on any atom is -0.386 e. The molecule has 1 fully saturated rings. The highest BCUT2D eigenvalue weighted by Crippen LogP contribution is 2.25. The standard InChI is InChI=1S/C18H23N5O2/c1-14-9-15(11-19-10-14)16(24)22(2)12-18(25)5-3-8-23(13-18)17-20-6-4-7-21-17/h4,6-7,9-11,25H,3,5,8,12-13H2,1-2H3. The zero-order valence-corrected chi connectivity index (χ0v) is 14.6. The van der Waals surface area contributed by atoms with Gasteiger partial charge in [-0.05, 0) is 37.5 Å². The van der Waals surface area contributed by atoms with Crippen molar-refractivity contribution in [3.8, 4) is 0 Å². The monoisotopic (exact) mass is 341 g/mol. The molecule has 3 heterocycles. The second-order valence-corrected chi connectivity index (χ2v) is 6.71. The van der Waals surface area contributed by atoms with E-state index < -0.39 is 5.60 Å². The van der Waals surface area contributed by atoms with Crippen molar-refractivity contribution >= 4 is 11.9 Å². The van der Waals surface area contributed by atoms with Gasteiger partial charge in [0.05, 0.1) is 24.3 Å². The Bertz CT molecular complexity index is 739. The molecule has 1 amide bonds. The second-order valence-electron chi connectivity index (χ2n) is 6.71. The zero-order chi connectivity index (χ0) is 17.9. The number of piperidine rings is 1. The van der Waals surface area contributed by atoms with Gasteiger partial charge in [0.15, 0.2) is 0 Å². The van der Waals surface area contributed by atoms with E-state index in [-0.39, 0.29) is 12.5 Å². The number of aromatic nitrogens is 3. The van der Waals surface area contributed by atoms with Crippen LogP contribution < -0.4 is 4.90 Å². The second kappa shape index (κ2) is 7.14. The lowest BCUT2D eigenvalue weighted by Crippen LogP contribution is -2.55. The molecule has 0 bridgehead atoms. The van der Waals surface area contributed by atoms with E-state index in [1.165, 1.54) is 0 Å². The molecule has 0 spiro atoms. The maximum atomic E-state index is 12.6. The Labute approximate surface area is 147 Å².